The molecule has 0 radical (unpaired) electrons. The van der Waals surface area contributed by atoms with E-state index in [0.717, 1.165) is 0 Å². The summed E-state index contributed by atoms with van der Waals surface area (Å²) in [5, 5.41) is 5.05. The minimum atomic E-state index is -0.383. The molecular formula is C8H10N2O2. The van der Waals surface area contributed by atoms with E-state index in [-0.39, 0.29) is 24.4 Å². The Morgan fingerprint density at radius 1 is 1.83 bits per heavy atom. The van der Waals surface area contributed by atoms with E-state index in [1.54, 1.807) is 0 Å². The Kier molecular flexibility index (Phi) is 2.70. The average Bonchev–Trinajstić information content (AvgIpc) is 2.47. The van der Waals surface area contributed by atoms with E-state index in [2.05, 4.69) is 16.6 Å². The second-order valence-electron chi connectivity index (χ2n) is 2.58. The first-order valence-electron chi connectivity index (χ1n) is 3.74. The van der Waals surface area contributed by atoms with Crippen LogP contribution in [-0.2, 0) is 9.59 Å². The minimum Gasteiger partial charge on any atom is -0.344 e. The first-order chi connectivity index (χ1) is 5.74. The molecule has 0 aromatic rings. The lowest BCUT2D eigenvalue weighted by Gasteiger charge is -2.07. The van der Waals surface area contributed by atoms with Gasteiger partial charge in [0.05, 0.1) is 6.54 Å². The van der Waals surface area contributed by atoms with Gasteiger partial charge < -0.3 is 10.6 Å². The highest BCUT2D eigenvalue weighted by atomic mass is 16.2. The van der Waals surface area contributed by atoms with Crippen molar-refractivity contribution in [1.82, 2.24) is 10.6 Å². The fraction of sp³-hybridized carbons (Fsp3) is 0.500. The highest BCUT2D eigenvalue weighted by Gasteiger charge is 2.26. The van der Waals surface area contributed by atoms with Crippen LogP contribution in [0.1, 0.15) is 12.8 Å². The van der Waals surface area contributed by atoms with Gasteiger partial charge in [0.15, 0.2) is 0 Å². The SMILES string of the molecule is C#CCNC(=O)C1CCC(=O)N1. The molecule has 0 bridgehead atoms. The van der Waals surface area contributed by atoms with Gasteiger partial charge in [0.2, 0.25) is 11.8 Å². The van der Waals surface area contributed by atoms with Crippen LogP contribution in [0, 0.1) is 12.3 Å². The highest BCUT2D eigenvalue weighted by molar-refractivity contribution is 5.90. The monoisotopic (exact) mass is 166 g/mol. The molecule has 1 aliphatic rings. The third-order valence-corrected chi connectivity index (χ3v) is 1.68. The Bertz CT molecular complexity index is 242. The summed E-state index contributed by atoms with van der Waals surface area (Å²) < 4.78 is 0. The first kappa shape index (κ1) is 8.60. The molecule has 4 heteroatoms. The van der Waals surface area contributed by atoms with Crippen LogP contribution in [0.25, 0.3) is 0 Å². The van der Waals surface area contributed by atoms with Gasteiger partial charge in [-0.15, -0.1) is 6.42 Å². The maximum atomic E-state index is 11.1. The Morgan fingerprint density at radius 2 is 2.58 bits per heavy atom. The zero-order chi connectivity index (χ0) is 8.97. The highest BCUT2D eigenvalue weighted by Crippen LogP contribution is 2.05. The van der Waals surface area contributed by atoms with Crippen LogP contribution in [0.5, 0.6) is 0 Å². The molecule has 1 unspecified atom stereocenters. The van der Waals surface area contributed by atoms with Gasteiger partial charge in [-0.1, -0.05) is 5.92 Å². The Hall–Kier alpha value is -1.50. The van der Waals surface area contributed by atoms with Crippen LogP contribution in [0.2, 0.25) is 0 Å². The van der Waals surface area contributed by atoms with Gasteiger partial charge in [0.25, 0.3) is 0 Å². The third-order valence-electron chi connectivity index (χ3n) is 1.68. The normalized spacial score (nSPS) is 21.2. The summed E-state index contributed by atoms with van der Waals surface area (Å²) in [4.78, 5) is 21.8. The van der Waals surface area contributed by atoms with Crippen molar-refractivity contribution in [3.8, 4) is 12.3 Å². The molecular weight excluding hydrogens is 156 g/mol. The van der Waals surface area contributed by atoms with E-state index in [1.807, 2.05) is 0 Å². The van der Waals surface area contributed by atoms with Crippen LogP contribution in [0.3, 0.4) is 0 Å². The molecule has 1 saturated heterocycles. The molecule has 12 heavy (non-hydrogen) atoms. The summed E-state index contributed by atoms with van der Waals surface area (Å²) in [5.41, 5.74) is 0. The van der Waals surface area contributed by atoms with Crippen molar-refractivity contribution in [3.63, 3.8) is 0 Å². The quantitative estimate of drug-likeness (QED) is 0.518. The molecule has 0 aliphatic carbocycles. The zero-order valence-electron chi connectivity index (χ0n) is 6.59. The summed E-state index contributed by atoms with van der Waals surface area (Å²) >= 11 is 0. The van der Waals surface area contributed by atoms with Gasteiger partial charge in [-0.25, -0.2) is 0 Å². The van der Waals surface area contributed by atoms with Gasteiger partial charge in [-0.3, -0.25) is 9.59 Å². The lowest BCUT2D eigenvalue weighted by Crippen LogP contribution is -2.41. The molecule has 2 amide bonds. The summed E-state index contributed by atoms with van der Waals surface area (Å²) in [6.45, 7) is 0.213. The van der Waals surface area contributed by atoms with Crippen molar-refractivity contribution < 1.29 is 9.59 Å². The van der Waals surface area contributed by atoms with Crippen molar-refractivity contribution in [2.24, 2.45) is 0 Å². The van der Waals surface area contributed by atoms with Crippen molar-refractivity contribution in [3.05, 3.63) is 0 Å². The van der Waals surface area contributed by atoms with Crippen molar-refractivity contribution in [2.45, 2.75) is 18.9 Å². The molecule has 4 nitrogen and oxygen atoms in total. The second kappa shape index (κ2) is 3.77. The third kappa shape index (κ3) is 1.99. The number of carbonyl (C=O) groups is 2. The zero-order valence-corrected chi connectivity index (χ0v) is 6.59. The molecule has 1 atom stereocenters. The number of amides is 2. The molecule has 0 aromatic heterocycles. The number of rotatable bonds is 2. The fourth-order valence-electron chi connectivity index (χ4n) is 1.07. The fourth-order valence-corrected chi connectivity index (χ4v) is 1.07. The molecule has 0 saturated carbocycles. The largest absolute Gasteiger partial charge is 0.344 e. The number of hydrogen-bond acceptors (Lipinski definition) is 2. The van der Waals surface area contributed by atoms with Crippen molar-refractivity contribution >= 4 is 11.8 Å². The van der Waals surface area contributed by atoms with Gasteiger partial charge >= 0.3 is 0 Å². The molecule has 2 N–H and O–H groups in total. The van der Waals surface area contributed by atoms with E-state index in [9.17, 15) is 9.59 Å². The van der Waals surface area contributed by atoms with Crippen LogP contribution in [0.15, 0.2) is 0 Å². The lowest BCUT2D eigenvalue weighted by atomic mass is 10.2. The average molecular weight is 166 g/mol. The molecule has 1 fully saturated rings. The van der Waals surface area contributed by atoms with Gasteiger partial charge in [-0.05, 0) is 6.42 Å². The summed E-state index contributed by atoms with van der Waals surface area (Å²) in [5.74, 6) is 2.02. The van der Waals surface area contributed by atoms with Crippen LogP contribution < -0.4 is 10.6 Å². The standard InChI is InChI=1S/C8H10N2O2/c1-2-5-9-8(12)6-3-4-7(11)10-6/h1,6H,3-5H2,(H,9,12)(H,10,11). The Balaban J connectivity index is 2.34. The number of carbonyl (C=O) groups excluding carboxylic acids is 2. The summed E-state index contributed by atoms with van der Waals surface area (Å²) in [6.07, 6.45) is 5.94. The summed E-state index contributed by atoms with van der Waals surface area (Å²) in [7, 11) is 0. The van der Waals surface area contributed by atoms with Gasteiger partial charge in [0.1, 0.15) is 6.04 Å². The summed E-state index contributed by atoms with van der Waals surface area (Å²) in [6, 6.07) is -0.383. The van der Waals surface area contributed by atoms with Gasteiger partial charge in [0, 0.05) is 6.42 Å². The molecule has 1 rings (SSSR count). The van der Waals surface area contributed by atoms with Crippen LogP contribution in [-0.4, -0.2) is 24.4 Å². The predicted molar refractivity (Wildman–Crippen MR) is 43.0 cm³/mol. The predicted octanol–water partition coefficient (Wildman–Crippen LogP) is -0.986. The van der Waals surface area contributed by atoms with E-state index >= 15 is 0 Å². The topological polar surface area (TPSA) is 58.2 Å². The smallest absolute Gasteiger partial charge is 0.243 e. The maximum Gasteiger partial charge on any atom is 0.243 e. The molecule has 1 aliphatic heterocycles. The minimum absolute atomic E-state index is 0.0733. The second-order valence-corrected chi connectivity index (χ2v) is 2.58. The Labute approximate surface area is 70.7 Å². The molecule has 64 valence electrons. The van der Waals surface area contributed by atoms with E-state index in [0.29, 0.717) is 12.8 Å². The molecule has 0 spiro atoms. The molecule has 1 heterocycles. The first-order valence-corrected chi connectivity index (χ1v) is 3.74. The van der Waals surface area contributed by atoms with Gasteiger partial charge in [-0.2, -0.15) is 0 Å². The van der Waals surface area contributed by atoms with Crippen molar-refractivity contribution in [1.29, 1.82) is 0 Å². The number of nitrogens with one attached hydrogen (secondary N) is 2. The van der Waals surface area contributed by atoms with Crippen LogP contribution >= 0.6 is 0 Å². The van der Waals surface area contributed by atoms with E-state index in [4.69, 9.17) is 6.42 Å². The van der Waals surface area contributed by atoms with Crippen LogP contribution in [0.4, 0.5) is 0 Å². The van der Waals surface area contributed by atoms with Crippen molar-refractivity contribution in [2.75, 3.05) is 6.54 Å². The van der Waals surface area contributed by atoms with E-state index < -0.39 is 0 Å². The maximum absolute atomic E-state index is 11.1. The number of terminal acetylenes is 1. The lowest BCUT2D eigenvalue weighted by molar-refractivity contribution is -0.125. The van der Waals surface area contributed by atoms with E-state index in [1.165, 1.54) is 0 Å². The Morgan fingerprint density at radius 3 is 3.08 bits per heavy atom. The molecule has 0 aromatic carbocycles. The number of hydrogen-bond donors (Lipinski definition) is 2.